The van der Waals surface area contributed by atoms with Gasteiger partial charge in [0.2, 0.25) is 0 Å². The summed E-state index contributed by atoms with van der Waals surface area (Å²) in [4.78, 5) is 10.5. The Kier molecular flexibility index (Phi) is 5.26. The summed E-state index contributed by atoms with van der Waals surface area (Å²) in [5.74, 6) is 0.875. The van der Waals surface area contributed by atoms with Gasteiger partial charge in [0.1, 0.15) is 17.2 Å². The molecule has 100 valence electrons. The third-order valence-corrected chi connectivity index (χ3v) is 2.40. The standard InChI is InChI=1S/C12H17NO5/c1-16-8-4-10(17-2)9(11(5-8)18-3)6-13-7-12(14)15/h4-5,13H,6-7H2,1-3H3,(H,14,15). The number of benzene rings is 1. The molecule has 0 atom stereocenters. The van der Waals surface area contributed by atoms with Crippen LogP contribution in [0.5, 0.6) is 17.2 Å². The molecule has 0 bridgehead atoms. The van der Waals surface area contributed by atoms with Crippen molar-refractivity contribution < 1.29 is 24.1 Å². The first-order valence-corrected chi connectivity index (χ1v) is 5.33. The van der Waals surface area contributed by atoms with Gasteiger partial charge in [0, 0.05) is 18.7 Å². The zero-order valence-corrected chi connectivity index (χ0v) is 10.6. The van der Waals surface area contributed by atoms with Crippen LogP contribution in [-0.4, -0.2) is 38.9 Å². The predicted octanol–water partition coefficient (Wildman–Crippen LogP) is 0.887. The fourth-order valence-corrected chi connectivity index (χ4v) is 1.55. The number of carboxylic acids is 1. The van der Waals surface area contributed by atoms with Crippen LogP contribution in [0.15, 0.2) is 12.1 Å². The van der Waals surface area contributed by atoms with Gasteiger partial charge in [-0.3, -0.25) is 4.79 Å². The lowest BCUT2D eigenvalue weighted by atomic mass is 10.1. The summed E-state index contributed by atoms with van der Waals surface area (Å²) in [5.41, 5.74) is 0.752. The van der Waals surface area contributed by atoms with Gasteiger partial charge >= 0.3 is 5.97 Å². The first-order chi connectivity index (χ1) is 8.62. The molecular formula is C12H17NO5. The van der Waals surface area contributed by atoms with Crippen molar-refractivity contribution in [2.24, 2.45) is 0 Å². The highest BCUT2D eigenvalue weighted by atomic mass is 16.5. The summed E-state index contributed by atoms with van der Waals surface area (Å²) >= 11 is 0. The van der Waals surface area contributed by atoms with Crippen molar-refractivity contribution in [3.8, 4) is 17.2 Å². The molecule has 0 aliphatic carbocycles. The van der Waals surface area contributed by atoms with Crippen molar-refractivity contribution in [1.82, 2.24) is 5.32 Å². The number of carbonyl (C=O) groups is 1. The van der Waals surface area contributed by atoms with Gasteiger partial charge in [-0.15, -0.1) is 0 Å². The number of rotatable bonds is 7. The van der Waals surface area contributed by atoms with Gasteiger partial charge in [-0.25, -0.2) is 0 Å². The number of carboxylic acid groups (broad SMARTS) is 1. The number of hydrogen-bond donors (Lipinski definition) is 2. The van der Waals surface area contributed by atoms with E-state index in [1.54, 1.807) is 19.2 Å². The Morgan fingerprint density at radius 2 is 1.72 bits per heavy atom. The number of aliphatic carboxylic acids is 1. The molecule has 0 saturated carbocycles. The lowest BCUT2D eigenvalue weighted by Crippen LogP contribution is -2.22. The molecule has 0 fully saturated rings. The second-order valence-electron chi connectivity index (χ2n) is 3.51. The smallest absolute Gasteiger partial charge is 0.317 e. The molecule has 0 amide bonds. The number of nitrogens with one attached hydrogen (secondary N) is 1. The van der Waals surface area contributed by atoms with E-state index < -0.39 is 5.97 Å². The lowest BCUT2D eigenvalue weighted by Gasteiger charge is -2.15. The molecule has 0 aromatic heterocycles. The maximum absolute atomic E-state index is 10.5. The fraction of sp³-hybridized carbons (Fsp3) is 0.417. The van der Waals surface area contributed by atoms with E-state index in [2.05, 4.69) is 5.32 Å². The molecule has 0 spiro atoms. The Balaban J connectivity index is 2.95. The zero-order chi connectivity index (χ0) is 13.5. The average Bonchev–Trinajstić information content (AvgIpc) is 2.37. The van der Waals surface area contributed by atoms with Crippen molar-refractivity contribution in [2.75, 3.05) is 27.9 Å². The van der Waals surface area contributed by atoms with Crippen molar-refractivity contribution in [3.05, 3.63) is 17.7 Å². The normalized spacial score (nSPS) is 9.94. The Bertz CT molecular complexity index is 394. The van der Waals surface area contributed by atoms with E-state index in [-0.39, 0.29) is 6.54 Å². The van der Waals surface area contributed by atoms with E-state index in [4.69, 9.17) is 19.3 Å². The van der Waals surface area contributed by atoms with E-state index >= 15 is 0 Å². The Morgan fingerprint density at radius 3 is 2.11 bits per heavy atom. The molecule has 0 aliphatic rings. The van der Waals surface area contributed by atoms with Crippen molar-refractivity contribution in [1.29, 1.82) is 0 Å². The van der Waals surface area contributed by atoms with Crippen LogP contribution in [0.2, 0.25) is 0 Å². The molecule has 1 aromatic rings. The van der Waals surface area contributed by atoms with Gasteiger partial charge in [-0.2, -0.15) is 0 Å². The largest absolute Gasteiger partial charge is 0.496 e. The minimum absolute atomic E-state index is 0.127. The Hall–Kier alpha value is -1.95. The summed E-state index contributed by atoms with van der Waals surface area (Å²) in [5, 5.41) is 11.4. The molecule has 1 aromatic carbocycles. The molecule has 18 heavy (non-hydrogen) atoms. The van der Waals surface area contributed by atoms with Crippen LogP contribution in [0.4, 0.5) is 0 Å². The Morgan fingerprint density at radius 1 is 1.17 bits per heavy atom. The fourth-order valence-electron chi connectivity index (χ4n) is 1.55. The summed E-state index contributed by atoms with van der Waals surface area (Å²) in [7, 11) is 4.63. The molecule has 2 N–H and O–H groups in total. The monoisotopic (exact) mass is 255 g/mol. The topological polar surface area (TPSA) is 77.0 Å². The van der Waals surface area contributed by atoms with Gasteiger partial charge in [0.15, 0.2) is 0 Å². The number of hydrogen-bond acceptors (Lipinski definition) is 5. The summed E-state index contributed by atoms with van der Waals surface area (Å²) < 4.78 is 15.6. The quantitative estimate of drug-likeness (QED) is 0.753. The highest BCUT2D eigenvalue weighted by Crippen LogP contribution is 2.33. The van der Waals surface area contributed by atoms with Crippen LogP contribution >= 0.6 is 0 Å². The number of ether oxygens (including phenoxy) is 3. The zero-order valence-electron chi connectivity index (χ0n) is 10.6. The van der Waals surface area contributed by atoms with Crippen LogP contribution in [-0.2, 0) is 11.3 Å². The third-order valence-electron chi connectivity index (χ3n) is 2.40. The first kappa shape index (κ1) is 14.1. The van der Waals surface area contributed by atoms with Crippen LogP contribution in [0.1, 0.15) is 5.56 Å². The molecule has 0 saturated heterocycles. The summed E-state index contributed by atoms with van der Waals surface area (Å²) in [6, 6.07) is 3.45. The van der Waals surface area contributed by atoms with Crippen LogP contribution < -0.4 is 19.5 Å². The first-order valence-electron chi connectivity index (χ1n) is 5.33. The second-order valence-corrected chi connectivity index (χ2v) is 3.51. The summed E-state index contributed by atoms with van der Waals surface area (Å²) in [6.45, 7) is 0.209. The molecule has 0 unspecified atom stereocenters. The maximum Gasteiger partial charge on any atom is 0.317 e. The van der Waals surface area contributed by atoms with E-state index in [0.29, 0.717) is 23.8 Å². The van der Waals surface area contributed by atoms with Gasteiger partial charge in [-0.05, 0) is 0 Å². The highest BCUT2D eigenvalue weighted by molar-refractivity contribution is 5.69. The molecule has 0 aliphatic heterocycles. The van der Waals surface area contributed by atoms with Crippen LogP contribution in [0.25, 0.3) is 0 Å². The maximum atomic E-state index is 10.5. The third kappa shape index (κ3) is 3.53. The second kappa shape index (κ2) is 6.70. The molecule has 6 heteroatoms. The van der Waals surface area contributed by atoms with Gasteiger partial charge in [0.25, 0.3) is 0 Å². The summed E-state index contributed by atoms with van der Waals surface area (Å²) in [6.07, 6.45) is 0. The molecule has 6 nitrogen and oxygen atoms in total. The number of methoxy groups -OCH3 is 3. The van der Waals surface area contributed by atoms with Gasteiger partial charge in [0.05, 0.1) is 33.4 Å². The minimum Gasteiger partial charge on any atom is -0.496 e. The molecule has 0 heterocycles. The van der Waals surface area contributed by atoms with E-state index in [9.17, 15) is 4.79 Å². The Labute approximate surface area is 105 Å². The van der Waals surface area contributed by atoms with Gasteiger partial charge < -0.3 is 24.6 Å². The van der Waals surface area contributed by atoms with Crippen LogP contribution in [0.3, 0.4) is 0 Å². The van der Waals surface area contributed by atoms with Crippen molar-refractivity contribution in [2.45, 2.75) is 6.54 Å². The van der Waals surface area contributed by atoms with E-state index in [1.165, 1.54) is 14.2 Å². The van der Waals surface area contributed by atoms with Crippen molar-refractivity contribution >= 4 is 5.97 Å². The van der Waals surface area contributed by atoms with Gasteiger partial charge in [-0.1, -0.05) is 0 Å². The molecule has 1 rings (SSSR count). The minimum atomic E-state index is -0.915. The highest BCUT2D eigenvalue weighted by Gasteiger charge is 2.13. The lowest BCUT2D eigenvalue weighted by molar-refractivity contribution is -0.136. The molecular weight excluding hydrogens is 238 g/mol. The van der Waals surface area contributed by atoms with Crippen molar-refractivity contribution in [3.63, 3.8) is 0 Å². The van der Waals surface area contributed by atoms with E-state index in [1.807, 2.05) is 0 Å². The predicted molar refractivity (Wildman–Crippen MR) is 65.4 cm³/mol. The van der Waals surface area contributed by atoms with E-state index in [0.717, 1.165) is 5.56 Å². The SMILES string of the molecule is COc1cc(OC)c(CNCC(=O)O)c(OC)c1. The molecule has 0 radical (unpaired) electrons. The average molecular weight is 255 g/mol. The van der Waals surface area contributed by atoms with Crippen LogP contribution in [0, 0.1) is 0 Å².